The number of ether oxygens (including phenoxy) is 1. The van der Waals surface area contributed by atoms with Crippen LogP contribution in [-0.2, 0) is 22.5 Å². The average molecular weight is 294 g/mol. The van der Waals surface area contributed by atoms with Crippen LogP contribution < -0.4 is 11.1 Å². The monoisotopic (exact) mass is 294 g/mol. The first-order valence-corrected chi connectivity index (χ1v) is 6.72. The first-order chi connectivity index (χ1) is 9.73. The van der Waals surface area contributed by atoms with E-state index < -0.39 is 23.7 Å². The van der Waals surface area contributed by atoms with Gasteiger partial charge in [-0.05, 0) is 31.9 Å². The molecule has 1 aromatic carbocycles. The van der Waals surface area contributed by atoms with Crippen LogP contribution in [0.4, 0.5) is 4.79 Å². The van der Waals surface area contributed by atoms with E-state index in [4.69, 9.17) is 10.5 Å². The highest BCUT2D eigenvalue weighted by Gasteiger charge is 2.24. The van der Waals surface area contributed by atoms with Gasteiger partial charge in [0, 0.05) is 13.0 Å². The standard InChI is InChI=1S/C15H22N2O4/c1-15(2,3)21-14(20)17-12(13(18)19)8-10-6-4-5-7-11(10)9-16/h4-7,12H,8-9,16H2,1-3H3,(H,17,20)(H,18,19). The summed E-state index contributed by atoms with van der Waals surface area (Å²) in [5.74, 6) is -1.12. The number of hydrogen-bond acceptors (Lipinski definition) is 4. The van der Waals surface area contributed by atoms with Gasteiger partial charge in [0.15, 0.2) is 0 Å². The molecule has 0 bridgehead atoms. The van der Waals surface area contributed by atoms with E-state index in [1.165, 1.54) is 0 Å². The molecule has 21 heavy (non-hydrogen) atoms. The number of alkyl carbamates (subject to hydrolysis) is 1. The third-order valence-corrected chi connectivity index (χ3v) is 2.75. The van der Waals surface area contributed by atoms with Gasteiger partial charge in [0.2, 0.25) is 0 Å². The number of nitrogens with one attached hydrogen (secondary N) is 1. The van der Waals surface area contributed by atoms with Crippen molar-refractivity contribution in [3.63, 3.8) is 0 Å². The molecule has 0 aliphatic carbocycles. The minimum absolute atomic E-state index is 0.155. The highest BCUT2D eigenvalue weighted by Crippen LogP contribution is 2.12. The molecule has 1 rings (SSSR count). The maximum Gasteiger partial charge on any atom is 0.408 e. The summed E-state index contributed by atoms with van der Waals surface area (Å²) in [6, 6.07) is 6.22. The van der Waals surface area contributed by atoms with E-state index in [2.05, 4.69) is 5.32 Å². The van der Waals surface area contributed by atoms with Crippen molar-refractivity contribution in [2.75, 3.05) is 0 Å². The molecule has 4 N–H and O–H groups in total. The second kappa shape index (κ2) is 7.08. The summed E-state index contributed by atoms with van der Waals surface area (Å²) in [6.07, 6.45) is -0.595. The lowest BCUT2D eigenvalue weighted by atomic mass is 10.0. The number of nitrogens with two attached hydrogens (primary N) is 1. The topological polar surface area (TPSA) is 102 Å². The van der Waals surface area contributed by atoms with Crippen LogP contribution in [0.15, 0.2) is 24.3 Å². The Labute approximate surface area is 124 Å². The van der Waals surface area contributed by atoms with Gasteiger partial charge < -0.3 is 20.9 Å². The molecule has 0 aliphatic rings. The van der Waals surface area contributed by atoms with Crippen LogP contribution in [0.25, 0.3) is 0 Å². The van der Waals surface area contributed by atoms with E-state index in [1.807, 2.05) is 12.1 Å². The first-order valence-electron chi connectivity index (χ1n) is 6.72. The molecule has 0 aromatic heterocycles. The number of carbonyl (C=O) groups excluding carboxylic acids is 1. The second-order valence-corrected chi connectivity index (χ2v) is 5.71. The zero-order valence-electron chi connectivity index (χ0n) is 12.6. The summed E-state index contributed by atoms with van der Waals surface area (Å²) in [5, 5.41) is 11.6. The number of carbonyl (C=O) groups is 2. The SMILES string of the molecule is CC(C)(C)OC(=O)NC(Cc1ccccc1CN)C(=O)O. The van der Waals surface area contributed by atoms with Gasteiger partial charge in [-0.15, -0.1) is 0 Å². The smallest absolute Gasteiger partial charge is 0.408 e. The Balaban J connectivity index is 2.79. The van der Waals surface area contributed by atoms with Gasteiger partial charge in [-0.3, -0.25) is 0 Å². The van der Waals surface area contributed by atoms with Gasteiger partial charge in [0.25, 0.3) is 0 Å². The fourth-order valence-corrected chi connectivity index (χ4v) is 1.83. The number of benzene rings is 1. The summed E-state index contributed by atoms with van der Waals surface area (Å²) >= 11 is 0. The highest BCUT2D eigenvalue weighted by molar-refractivity contribution is 5.80. The van der Waals surface area contributed by atoms with Crippen LogP contribution >= 0.6 is 0 Å². The van der Waals surface area contributed by atoms with Crippen LogP contribution in [0.1, 0.15) is 31.9 Å². The number of hydrogen-bond donors (Lipinski definition) is 3. The second-order valence-electron chi connectivity index (χ2n) is 5.71. The molecule has 1 atom stereocenters. The fourth-order valence-electron chi connectivity index (χ4n) is 1.83. The maximum atomic E-state index is 11.7. The molecule has 0 fully saturated rings. The van der Waals surface area contributed by atoms with E-state index in [0.717, 1.165) is 11.1 Å². The molecule has 0 saturated heterocycles. The minimum atomic E-state index is -1.12. The lowest BCUT2D eigenvalue weighted by molar-refractivity contribution is -0.139. The van der Waals surface area contributed by atoms with Gasteiger partial charge in [-0.25, -0.2) is 9.59 Å². The van der Waals surface area contributed by atoms with Gasteiger partial charge in [0.05, 0.1) is 0 Å². The molecule has 0 radical (unpaired) electrons. The summed E-state index contributed by atoms with van der Waals surface area (Å²) in [6.45, 7) is 5.46. The number of amides is 1. The van der Waals surface area contributed by atoms with Crippen molar-refractivity contribution in [2.24, 2.45) is 5.73 Å². The van der Waals surface area contributed by atoms with Crippen LogP contribution in [0, 0.1) is 0 Å². The minimum Gasteiger partial charge on any atom is -0.480 e. The fraction of sp³-hybridized carbons (Fsp3) is 0.467. The van der Waals surface area contributed by atoms with Gasteiger partial charge in [-0.2, -0.15) is 0 Å². The summed E-state index contributed by atoms with van der Waals surface area (Å²) in [4.78, 5) is 23.0. The predicted molar refractivity (Wildman–Crippen MR) is 78.8 cm³/mol. The van der Waals surface area contributed by atoms with Gasteiger partial charge >= 0.3 is 12.1 Å². The Hall–Kier alpha value is -2.08. The van der Waals surface area contributed by atoms with E-state index in [1.54, 1.807) is 32.9 Å². The molecule has 0 saturated carbocycles. The summed E-state index contributed by atoms with van der Waals surface area (Å²) in [7, 11) is 0. The van der Waals surface area contributed by atoms with Crippen LogP contribution in [0.3, 0.4) is 0 Å². The third-order valence-electron chi connectivity index (χ3n) is 2.75. The van der Waals surface area contributed by atoms with Gasteiger partial charge in [-0.1, -0.05) is 24.3 Å². The van der Waals surface area contributed by atoms with Crippen molar-refractivity contribution in [3.8, 4) is 0 Å². The van der Waals surface area contributed by atoms with E-state index in [9.17, 15) is 14.7 Å². The number of rotatable bonds is 5. The highest BCUT2D eigenvalue weighted by atomic mass is 16.6. The Kier molecular flexibility index (Phi) is 5.72. The average Bonchev–Trinajstić information content (AvgIpc) is 2.36. The maximum absolute atomic E-state index is 11.7. The van der Waals surface area contributed by atoms with E-state index >= 15 is 0 Å². The molecular formula is C15H22N2O4. The van der Waals surface area contributed by atoms with Crippen molar-refractivity contribution >= 4 is 12.1 Å². The van der Waals surface area contributed by atoms with E-state index in [-0.39, 0.29) is 6.42 Å². The Morgan fingerprint density at radius 3 is 2.33 bits per heavy atom. The number of carboxylic acids is 1. The molecule has 1 unspecified atom stereocenters. The molecule has 116 valence electrons. The molecular weight excluding hydrogens is 272 g/mol. The van der Waals surface area contributed by atoms with Crippen molar-refractivity contribution in [1.29, 1.82) is 0 Å². The molecule has 6 nitrogen and oxygen atoms in total. The largest absolute Gasteiger partial charge is 0.480 e. The Morgan fingerprint density at radius 2 is 1.86 bits per heavy atom. The van der Waals surface area contributed by atoms with Crippen LogP contribution in [0.2, 0.25) is 0 Å². The Bertz CT molecular complexity index is 509. The van der Waals surface area contributed by atoms with Crippen LogP contribution in [0.5, 0.6) is 0 Å². The summed E-state index contributed by atoms with van der Waals surface area (Å²) in [5.41, 5.74) is 6.60. The molecule has 6 heteroatoms. The first kappa shape index (κ1) is 17.0. The van der Waals surface area contributed by atoms with Crippen molar-refractivity contribution in [3.05, 3.63) is 35.4 Å². The number of aliphatic carboxylic acids is 1. The van der Waals surface area contributed by atoms with Gasteiger partial charge in [0.1, 0.15) is 11.6 Å². The predicted octanol–water partition coefficient (Wildman–Crippen LogP) is 1.67. The molecule has 0 heterocycles. The van der Waals surface area contributed by atoms with Crippen LogP contribution in [-0.4, -0.2) is 28.8 Å². The summed E-state index contributed by atoms with van der Waals surface area (Å²) < 4.78 is 5.07. The van der Waals surface area contributed by atoms with Crippen molar-refractivity contribution < 1.29 is 19.4 Å². The zero-order valence-corrected chi connectivity index (χ0v) is 12.6. The lowest BCUT2D eigenvalue weighted by Gasteiger charge is -2.22. The molecule has 0 spiro atoms. The lowest BCUT2D eigenvalue weighted by Crippen LogP contribution is -2.44. The molecule has 1 aromatic rings. The van der Waals surface area contributed by atoms with Crippen molar-refractivity contribution in [2.45, 2.75) is 45.4 Å². The Morgan fingerprint density at radius 1 is 1.29 bits per heavy atom. The quantitative estimate of drug-likeness (QED) is 0.766. The zero-order chi connectivity index (χ0) is 16.0. The molecule has 0 aliphatic heterocycles. The van der Waals surface area contributed by atoms with Crippen molar-refractivity contribution in [1.82, 2.24) is 5.32 Å². The number of carboxylic acid groups (broad SMARTS) is 1. The van der Waals surface area contributed by atoms with E-state index in [0.29, 0.717) is 6.54 Å². The molecule has 1 amide bonds. The normalized spacial score (nSPS) is 12.6. The third kappa shape index (κ3) is 5.83.